The lowest BCUT2D eigenvalue weighted by molar-refractivity contribution is 0.102. The average molecular weight is 353 g/mol. The van der Waals surface area contributed by atoms with Gasteiger partial charge in [0.15, 0.2) is 5.82 Å². The van der Waals surface area contributed by atoms with Crippen LogP contribution in [0.1, 0.15) is 16.2 Å². The van der Waals surface area contributed by atoms with E-state index < -0.39 is 5.82 Å². The Kier molecular flexibility index (Phi) is 3.73. The van der Waals surface area contributed by atoms with Gasteiger partial charge in [0.05, 0.1) is 0 Å². The molecule has 2 aromatic heterocycles. The van der Waals surface area contributed by atoms with Crippen molar-refractivity contribution in [3.05, 3.63) is 65.7 Å². The van der Waals surface area contributed by atoms with Crippen molar-refractivity contribution in [2.24, 2.45) is 0 Å². The Balaban J connectivity index is 1.54. The van der Waals surface area contributed by atoms with Gasteiger partial charge in [0.1, 0.15) is 10.8 Å². The number of hydrogen-bond acceptors (Lipinski definition) is 5. The van der Waals surface area contributed by atoms with E-state index in [1.54, 1.807) is 22.7 Å². The molecule has 0 unspecified atom stereocenters. The normalized spacial score (nSPS) is 11.0. The van der Waals surface area contributed by atoms with Crippen molar-refractivity contribution in [3.8, 4) is 10.6 Å². The van der Waals surface area contributed by atoms with Crippen LogP contribution in [0.25, 0.3) is 15.5 Å². The van der Waals surface area contributed by atoms with Gasteiger partial charge in [-0.1, -0.05) is 17.4 Å². The largest absolute Gasteiger partial charge is 0.322 e. The van der Waals surface area contributed by atoms with Crippen molar-refractivity contribution < 1.29 is 9.18 Å². The van der Waals surface area contributed by atoms with E-state index in [-0.39, 0.29) is 11.5 Å². The maximum Gasteiger partial charge on any atom is 0.255 e. The van der Waals surface area contributed by atoms with Crippen LogP contribution in [0.15, 0.2) is 48.5 Å². The van der Waals surface area contributed by atoms with Gasteiger partial charge in [0.25, 0.3) is 5.91 Å². The summed E-state index contributed by atoms with van der Waals surface area (Å²) >= 11 is 1.44. The number of benzene rings is 2. The number of carbonyl (C=O) groups is 1. The highest BCUT2D eigenvalue weighted by molar-refractivity contribution is 7.19. The third-order valence-electron chi connectivity index (χ3n) is 3.62. The first-order chi connectivity index (χ1) is 12.1. The van der Waals surface area contributed by atoms with Crippen LogP contribution >= 0.6 is 11.3 Å². The van der Waals surface area contributed by atoms with E-state index in [4.69, 9.17) is 0 Å². The van der Waals surface area contributed by atoms with E-state index in [2.05, 4.69) is 20.6 Å². The number of anilines is 1. The molecule has 0 bridgehead atoms. The van der Waals surface area contributed by atoms with Gasteiger partial charge in [-0.2, -0.15) is 9.61 Å². The highest BCUT2D eigenvalue weighted by Gasteiger charge is 2.11. The molecule has 4 aromatic rings. The molecule has 8 heteroatoms. The van der Waals surface area contributed by atoms with Gasteiger partial charge in [0.2, 0.25) is 4.96 Å². The number of halogens is 1. The molecule has 2 heterocycles. The van der Waals surface area contributed by atoms with E-state index >= 15 is 0 Å². The second-order valence-corrected chi connectivity index (χ2v) is 6.35. The molecule has 0 aliphatic rings. The van der Waals surface area contributed by atoms with Gasteiger partial charge in [-0.3, -0.25) is 4.79 Å². The molecule has 0 saturated carbocycles. The summed E-state index contributed by atoms with van der Waals surface area (Å²) in [5.41, 5.74) is 1.81. The number of fused-ring (bicyclic) bond motifs is 1. The summed E-state index contributed by atoms with van der Waals surface area (Å²) < 4.78 is 14.9. The van der Waals surface area contributed by atoms with Crippen LogP contribution < -0.4 is 5.32 Å². The predicted molar refractivity (Wildman–Crippen MR) is 93.2 cm³/mol. The Morgan fingerprint density at radius 3 is 2.68 bits per heavy atom. The number of rotatable bonds is 3. The summed E-state index contributed by atoms with van der Waals surface area (Å²) in [5, 5.41) is 16.0. The predicted octanol–water partition coefficient (Wildman–Crippen LogP) is 3.55. The van der Waals surface area contributed by atoms with E-state index in [1.165, 1.54) is 29.5 Å². The second-order valence-electron chi connectivity index (χ2n) is 5.39. The number of aryl methyl sites for hydroxylation is 1. The van der Waals surface area contributed by atoms with Crippen molar-refractivity contribution in [1.29, 1.82) is 0 Å². The molecule has 0 aliphatic carbocycles. The van der Waals surface area contributed by atoms with Crippen LogP contribution in [0.3, 0.4) is 0 Å². The fourth-order valence-electron chi connectivity index (χ4n) is 2.36. The van der Waals surface area contributed by atoms with Crippen molar-refractivity contribution in [3.63, 3.8) is 0 Å². The summed E-state index contributed by atoms with van der Waals surface area (Å²) in [6, 6.07) is 12.9. The lowest BCUT2D eigenvalue weighted by Gasteiger charge is -2.06. The van der Waals surface area contributed by atoms with Crippen LogP contribution in [0, 0.1) is 12.7 Å². The number of nitrogens with zero attached hydrogens (tertiary/aromatic N) is 4. The summed E-state index contributed by atoms with van der Waals surface area (Å²) in [7, 11) is 0. The second kappa shape index (κ2) is 6.06. The van der Waals surface area contributed by atoms with E-state index in [9.17, 15) is 9.18 Å². The van der Waals surface area contributed by atoms with Crippen LogP contribution in [-0.4, -0.2) is 25.7 Å². The number of carbonyl (C=O) groups excluding carboxylic acids is 1. The Bertz CT molecular complexity index is 1070. The molecule has 124 valence electrons. The maximum absolute atomic E-state index is 13.2. The highest BCUT2D eigenvalue weighted by atomic mass is 32.1. The molecule has 0 aliphatic heterocycles. The van der Waals surface area contributed by atoms with Crippen LogP contribution in [0.2, 0.25) is 0 Å². The fourth-order valence-corrected chi connectivity index (χ4v) is 3.25. The molecule has 4 rings (SSSR count). The molecule has 25 heavy (non-hydrogen) atoms. The molecular weight excluding hydrogens is 341 g/mol. The van der Waals surface area contributed by atoms with Gasteiger partial charge in [-0.15, -0.1) is 10.2 Å². The van der Waals surface area contributed by atoms with Gasteiger partial charge >= 0.3 is 0 Å². The summed E-state index contributed by atoms with van der Waals surface area (Å²) in [5.74, 6) is -0.0697. The average Bonchev–Trinajstić information content (AvgIpc) is 3.18. The zero-order valence-corrected chi connectivity index (χ0v) is 13.9. The lowest BCUT2D eigenvalue weighted by atomic mass is 10.2. The minimum absolute atomic E-state index is 0.271. The minimum Gasteiger partial charge on any atom is -0.322 e. The summed E-state index contributed by atoms with van der Waals surface area (Å²) in [6.07, 6.45) is 0. The van der Waals surface area contributed by atoms with Crippen LogP contribution in [0.5, 0.6) is 0 Å². The first kappa shape index (κ1) is 15.4. The molecule has 0 saturated heterocycles. The van der Waals surface area contributed by atoms with E-state index in [0.29, 0.717) is 5.69 Å². The van der Waals surface area contributed by atoms with Gasteiger partial charge in [-0.05, 0) is 49.4 Å². The Hall–Kier alpha value is -3.13. The Morgan fingerprint density at radius 2 is 1.96 bits per heavy atom. The molecule has 0 fully saturated rings. The maximum atomic E-state index is 13.2. The molecular formula is C17H12FN5OS. The first-order valence-electron chi connectivity index (χ1n) is 7.46. The molecule has 0 radical (unpaired) electrons. The number of aromatic nitrogens is 4. The van der Waals surface area contributed by atoms with Crippen molar-refractivity contribution in [1.82, 2.24) is 19.8 Å². The minimum atomic E-state index is -0.443. The first-order valence-corrected chi connectivity index (χ1v) is 8.28. The van der Waals surface area contributed by atoms with Crippen LogP contribution in [0.4, 0.5) is 10.1 Å². The topological polar surface area (TPSA) is 72.2 Å². The monoisotopic (exact) mass is 353 g/mol. The molecule has 1 N–H and O–H groups in total. The van der Waals surface area contributed by atoms with E-state index in [0.717, 1.165) is 21.4 Å². The Labute approximate surface area is 146 Å². The lowest BCUT2D eigenvalue weighted by Crippen LogP contribution is -2.11. The number of amides is 1. The fraction of sp³-hybridized carbons (Fsp3) is 0.0588. The highest BCUT2D eigenvalue weighted by Crippen LogP contribution is 2.26. The standard InChI is InChI=1S/C17H12FN5OS/c1-10-20-21-17-23(10)22-16(25-17)11-5-7-14(8-6-11)19-15(24)12-3-2-4-13(18)9-12/h2-9H,1H3,(H,19,24). The van der Waals surface area contributed by atoms with Crippen molar-refractivity contribution in [2.45, 2.75) is 6.92 Å². The summed E-state index contributed by atoms with van der Waals surface area (Å²) in [4.78, 5) is 12.9. The molecule has 0 spiro atoms. The molecule has 0 atom stereocenters. The van der Waals surface area contributed by atoms with Gasteiger partial charge in [-0.25, -0.2) is 4.39 Å². The smallest absolute Gasteiger partial charge is 0.255 e. The van der Waals surface area contributed by atoms with Crippen LogP contribution in [-0.2, 0) is 0 Å². The third-order valence-corrected chi connectivity index (χ3v) is 4.57. The van der Waals surface area contributed by atoms with E-state index in [1.807, 2.05) is 19.1 Å². The summed E-state index contributed by atoms with van der Waals surface area (Å²) in [6.45, 7) is 1.84. The quantitative estimate of drug-likeness (QED) is 0.611. The number of hydrogen-bond donors (Lipinski definition) is 1. The zero-order chi connectivity index (χ0) is 17.4. The SMILES string of the molecule is Cc1nnc2sc(-c3ccc(NC(=O)c4cccc(F)c4)cc3)nn12. The molecule has 1 amide bonds. The molecule has 2 aromatic carbocycles. The van der Waals surface area contributed by atoms with Crippen molar-refractivity contribution >= 4 is 27.9 Å². The zero-order valence-electron chi connectivity index (χ0n) is 13.1. The molecule has 6 nitrogen and oxygen atoms in total. The number of nitrogens with one attached hydrogen (secondary N) is 1. The third kappa shape index (κ3) is 2.99. The van der Waals surface area contributed by atoms with Gasteiger partial charge in [0, 0.05) is 16.8 Å². The Morgan fingerprint density at radius 1 is 1.16 bits per heavy atom. The van der Waals surface area contributed by atoms with Gasteiger partial charge < -0.3 is 5.32 Å². The van der Waals surface area contributed by atoms with Crippen molar-refractivity contribution in [2.75, 3.05) is 5.32 Å².